The molecule has 0 aliphatic carbocycles. The molecular formula is C23H28N4O2. The molecule has 1 spiro atoms. The summed E-state index contributed by atoms with van der Waals surface area (Å²) in [6.07, 6.45) is 1.32. The van der Waals surface area contributed by atoms with Crippen LogP contribution in [0, 0.1) is 6.92 Å². The van der Waals surface area contributed by atoms with Gasteiger partial charge in [-0.15, -0.1) is 0 Å². The molecule has 0 saturated carbocycles. The summed E-state index contributed by atoms with van der Waals surface area (Å²) >= 11 is 0. The highest BCUT2D eigenvalue weighted by Gasteiger charge is 2.41. The number of hydrogen-bond acceptors (Lipinski definition) is 3. The summed E-state index contributed by atoms with van der Waals surface area (Å²) in [5, 5.41) is 9.62. The molecule has 0 bridgehead atoms. The van der Waals surface area contributed by atoms with Crippen molar-refractivity contribution in [2.24, 2.45) is 0 Å². The molecule has 2 aliphatic heterocycles. The normalized spacial score (nSPS) is 17.5. The Morgan fingerprint density at radius 2 is 1.76 bits per heavy atom. The molecule has 2 aromatic rings. The average molecular weight is 393 g/mol. The van der Waals surface area contributed by atoms with Gasteiger partial charge in [-0.1, -0.05) is 37.6 Å². The SMILES string of the molecule is Cc1ccc2c(c1)C(=O)NC1(CCN(C(=O)Nc3ccc(C(C)C)cc3)CC1)N2. The number of urea groups is 1. The summed E-state index contributed by atoms with van der Waals surface area (Å²) in [4.78, 5) is 27.1. The lowest BCUT2D eigenvalue weighted by atomic mass is 9.92. The largest absolute Gasteiger partial charge is 0.362 e. The van der Waals surface area contributed by atoms with E-state index in [1.54, 1.807) is 4.90 Å². The van der Waals surface area contributed by atoms with Crippen LogP contribution in [0.4, 0.5) is 16.2 Å². The smallest absolute Gasteiger partial charge is 0.321 e. The third kappa shape index (κ3) is 3.92. The quantitative estimate of drug-likeness (QED) is 0.713. The van der Waals surface area contributed by atoms with Gasteiger partial charge in [0.15, 0.2) is 0 Å². The van der Waals surface area contributed by atoms with E-state index >= 15 is 0 Å². The minimum atomic E-state index is -0.491. The molecule has 6 nitrogen and oxygen atoms in total. The highest BCUT2D eigenvalue weighted by molar-refractivity contribution is 6.02. The van der Waals surface area contributed by atoms with E-state index in [-0.39, 0.29) is 11.9 Å². The van der Waals surface area contributed by atoms with Crippen molar-refractivity contribution in [2.75, 3.05) is 23.7 Å². The van der Waals surface area contributed by atoms with Crippen molar-refractivity contribution in [3.63, 3.8) is 0 Å². The van der Waals surface area contributed by atoms with Crippen molar-refractivity contribution in [1.29, 1.82) is 0 Å². The number of anilines is 2. The zero-order chi connectivity index (χ0) is 20.6. The second kappa shape index (κ2) is 7.43. The number of hydrogen-bond donors (Lipinski definition) is 3. The summed E-state index contributed by atoms with van der Waals surface area (Å²) < 4.78 is 0. The van der Waals surface area contributed by atoms with Gasteiger partial charge >= 0.3 is 6.03 Å². The Morgan fingerprint density at radius 3 is 2.41 bits per heavy atom. The summed E-state index contributed by atoms with van der Waals surface area (Å²) in [5.74, 6) is 0.413. The summed E-state index contributed by atoms with van der Waals surface area (Å²) in [6, 6.07) is 13.8. The maximum absolute atomic E-state index is 12.7. The molecule has 2 aliphatic rings. The molecule has 1 saturated heterocycles. The number of nitrogens with zero attached hydrogens (tertiary/aromatic N) is 1. The van der Waals surface area contributed by atoms with Crippen LogP contribution in [-0.4, -0.2) is 35.6 Å². The first-order valence-electron chi connectivity index (χ1n) is 10.2. The van der Waals surface area contributed by atoms with Crippen molar-refractivity contribution >= 4 is 23.3 Å². The molecule has 0 atom stereocenters. The third-order valence-corrected chi connectivity index (χ3v) is 5.88. The van der Waals surface area contributed by atoms with Crippen LogP contribution in [0.2, 0.25) is 0 Å². The van der Waals surface area contributed by atoms with Crippen LogP contribution in [0.25, 0.3) is 0 Å². The predicted molar refractivity (Wildman–Crippen MR) is 115 cm³/mol. The van der Waals surface area contributed by atoms with Crippen LogP contribution in [0.3, 0.4) is 0 Å². The molecule has 2 aromatic carbocycles. The Bertz CT molecular complexity index is 928. The first kappa shape index (κ1) is 19.3. The lowest BCUT2D eigenvalue weighted by molar-refractivity contribution is 0.0852. The number of amides is 3. The van der Waals surface area contributed by atoms with Gasteiger partial charge < -0.3 is 20.9 Å². The van der Waals surface area contributed by atoms with E-state index in [9.17, 15) is 9.59 Å². The molecule has 0 aromatic heterocycles. The van der Waals surface area contributed by atoms with Crippen LogP contribution in [-0.2, 0) is 0 Å². The average Bonchev–Trinajstić information content (AvgIpc) is 2.69. The fourth-order valence-electron chi connectivity index (χ4n) is 4.02. The maximum atomic E-state index is 12.7. The number of rotatable bonds is 2. The lowest BCUT2D eigenvalue weighted by Gasteiger charge is -2.45. The number of benzene rings is 2. The number of aryl methyl sites for hydroxylation is 1. The van der Waals surface area contributed by atoms with E-state index < -0.39 is 5.66 Å². The monoisotopic (exact) mass is 392 g/mol. The van der Waals surface area contributed by atoms with Gasteiger partial charge in [-0.2, -0.15) is 0 Å². The van der Waals surface area contributed by atoms with Crippen molar-refractivity contribution in [3.8, 4) is 0 Å². The minimum Gasteiger partial charge on any atom is -0.362 e. The standard InChI is InChI=1S/C23H28N4O2/c1-15(2)17-5-7-18(8-6-17)24-22(29)27-12-10-23(11-13-27)25-20-9-4-16(3)14-19(20)21(28)26-23/h4-9,14-15,25H,10-13H2,1-3H3,(H,24,29)(H,26,28). The number of fused-ring (bicyclic) bond motifs is 1. The Morgan fingerprint density at radius 1 is 1.07 bits per heavy atom. The van der Waals surface area contributed by atoms with Gasteiger partial charge in [-0.05, 0) is 42.7 Å². The summed E-state index contributed by atoms with van der Waals surface area (Å²) in [6.45, 7) is 7.42. The highest BCUT2D eigenvalue weighted by atomic mass is 16.2. The van der Waals surface area contributed by atoms with Crippen LogP contribution in [0.1, 0.15) is 54.1 Å². The molecule has 4 rings (SSSR count). The molecule has 1 fully saturated rings. The van der Waals surface area contributed by atoms with Gasteiger partial charge in [-0.25, -0.2) is 4.79 Å². The maximum Gasteiger partial charge on any atom is 0.321 e. The van der Waals surface area contributed by atoms with E-state index in [0.29, 0.717) is 37.4 Å². The van der Waals surface area contributed by atoms with Crippen LogP contribution in [0.15, 0.2) is 42.5 Å². The minimum absolute atomic E-state index is 0.0504. The number of carbonyl (C=O) groups is 2. The van der Waals surface area contributed by atoms with Crippen LogP contribution in [0.5, 0.6) is 0 Å². The van der Waals surface area contributed by atoms with Crippen molar-refractivity contribution < 1.29 is 9.59 Å². The second-order valence-electron chi connectivity index (χ2n) is 8.40. The Labute approximate surface area is 171 Å². The van der Waals surface area contributed by atoms with Crippen molar-refractivity contribution in [1.82, 2.24) is 10.2 Å². The first-order valence-corrected chi connectivity index (χ1v) is 10.2. The number of carbonyl (C=O) groups excluding carboxylic acids is 2. The van der Waals surface area contributed by atoms with E-state index in [2.05, 4.69) is 29.8 Å². The molecule has 0 radical (unpaired) electrons. The van der Waals surface area contributed by atoms with Gasteiger partial charge in [0.1, 0.15) is 5.66 Å². The Kier molecular flexibility index (Phi) is 4.94. The van der Waals surface area contributed by atoms with Gasteiger partial charge in [-0.3, -0.25) is 4.79 Å². The third-order valence-electron chi connectivity index (χ3n) is 5.88. The molecule has 0 unspecified atom stereocenters. The molecule has 29 heavy (non-hydrogen) atoms. The predicted octanol–water partition coefficient (Wildman–Crippen LogP) is 4.30. The van der Waals surface area contributed by atoms with E-state index in [4.69, 9.17) is 0 Å². The van der Waals surface area contributed by atoms with Gasteiger partial charge in [0, 0.05) is 37.3 Å². The van der Waals surface area contributed by atoms with Crippen molar-refractivity contribution in [2.45, 2.75) is 45.2 Å². The molecule has 152 valence electrons. The molecule has 3 amide bonds. The molecule has 3 N–H and O–H groups in total. The van der Waals surface area contributed by atoms with Crippen LogP contribution >= 0.6 is 0 Å². The van der Waals surface area contributed by atoms with Crippen molar-refractivity contribution in [3.05, 3.63) is 59.2 Å². The van der Waals surface area contributed by atoms with Gasteiger partial charge in [0.2, 0.25) is 0 Å². The fraction of sp³-hybridized carbons (Fsp3) is 0.391. The van der Waals surface area contributed by atoms with Gasteiger partial charge in [0.25, 0.3) is 5.91 Å². The Balaban J connectivity index is 1.38. The van der Waals surface area contributed by atoms with E-state index in [0.717, 1.165) is 16.9 Å². The molecule has 2 heterocycles. The zero-order valence-corrected chi connectivity index (χ0v) is 17.2. The Hall–Kier alpha value is -3.02. The van der Waals surface area contributed by atoms with E-state index in [1.807, 2.05) is 49.4 Å². The number of piperidine rings is 1. The summed E-state index contributed by atoms with van der Waals surface area (Å²) in [7, 11) is 0. The van der Waals surface area contributed by atoms with E-state index in [1.165, 1.54) is 5.56 Å². The first-order chi connectivity index (χ1) is 13.8. The summed E-state index contributed by atoms with van der Waals surface area (Å²) in [5.41, 5.74) is 4.16. The van der Waals surface area contributed by atoms with Gasteiger partial charge in [0.05, 0.1) is 5.56 Å². The topological polar surface area (TPSA) is 73.5 Å². The molecule has 6 heteroatoms. The van der Waals surface area contributed by atoms with Crippen LogP contribution < -0.4 is 16.0 Å². The number of nitrogens with one attached hydrogen (secondary N) is 3. The second-order valence-corrected chi connectivity index (χ2v) is 8.40. The lowest BCUT2D eigenvalue weighted by Crippen LogP contribution is -2.63. The molecular weight excluding hydrogens is 364 g/mol. The number of likely N-dealkylation sites (tertiary alicyclic amines) is 1. The highest BCUT2D eigenvalue weighted by Crippen LogP contribution is 2.32. The fourth-order valence-corrected chi connectivity index (χ4v) is 4.02. The zero-order valence-electron chi connectivity index (χ0n) is 17.2.